The lowest BCUT2D eigenvalue weighted by Crippen LogP contribution is -2.26. The standard InChI is InChI=1S/C28H26N6O2/c1-33(25-15-7-21(29)8-16-25)27(35)19-3-11-23(12-4-19)31-32-24-13-5-20(6-14-24)28(36)34(2)26-17-9-22(30)10-18-26/h3-18H,29-30H2,1-2H3. The van der Waals surface area contributed by atoms with Crippen molar-refractivity contribution < 1.29 is 9.59 Å². The van der Waals surface area contributed by atoms with Crippen LogP contribution in [0, 0.1) is 0 Å². The molecular formula is C28H26N6O2. The topological polar surface area (TPSA) is 117 Å². The number of rotatable bonds is 6. The Hall–Kier alpha value is -4.98. The fourth-order valence-electron chi connectivity index (χ4n) is 3.47. The van der Waals surface area contributed by atoms with Gasteiger partial charge in [0.1, 0.15) is 0 Å². The zero-order valence-electron chi connectivity index (χ0n) is 20.0. The number of benzene rings is 4. The van der Waals surface area contributed by atoms with Gasteiger partial charge in [0.05, 0.1) is 11.4 Å². The molecule has 0 saturated carbocycles. The summed E-state index contributed by atoms with van der Waals surface area (Å²) in [7, 11) is 3.42. The van der Waals surface area contributed by atoms with Gasteiger partial charge in [-0.05, 0) is 97.1 Å². The minimum absolute atomic E-state index is 0.146. The van der Waals surface area contributed by atoms with Crippen LogP contribution in [0.15, 0.2) is 107 Å². The van der Waals surface area contributed by atoms with Gasteiger partial charge in [0, 0.05) is 48.0 Å². The summed E-state index contributed by atoms with van der Waals surface area (Å²) in [6.45, 7) is 0. The summed E-state index contributed by atoms with van der Waals surface area (Å²) in [6, 6.07) is 27.9. The molecule has 0 radical (unpaired) electrons. The van der Waals surface area contributed by atoms with E-state index in [-0.39, 0.29) is 11.8 Å². The Morgan fingerprint density at radius 3 is 1.14 bits per heavy atom. The Bertz CT molecular complexity index is 1270. The highest BCUT2D eigenvalue weighted by Gasteiger charge is 2.14. The Labute approximate surface area is 209 Å². The molecule has 0 atom stereocenters. The second kappa shape index (κ2) is 10.5. The maximum atomic E-state index is 12.8. The molecule has 0 aliphatic heterocycles. The third kappa shape index (κ3) is 5.56. The number of carbonyl (C=O) groups excluding carboxylic acids is 2. The van der Waals surface area contributed by atoms with Crippen molar-refractivity contribution in [1.29, 1.82) is 0 Å². The van der Waals surface area contributed by atoms with Crippen molar-refractivity contribution in [3.63, 3.8) is 0 Å². The first kappa shape index (κ1) is 24.2. The number of nitrogens with zero attached hydrogens (tertiary/aromatic N) is 4. The van der Waals surface area contributed by atoms with Gasteiger partial charge in [-0.2, -0.15) is 10.2 Å². The summed E-state index contributed by atoms with van der Waals surface area (Å²) >= 11 is 0. The molecule has 0 aliphatic rings. The van der Waals surface area contributed by atoms with E-state index in [2.05, 4.69) is 10.2 Å². The Morgan fingerprint density at radius 1 is 0.528 bits per heavy atom. The van der Waals surface area contributed by atoms with Gasteiger partial charge in [0.15, 0.2) is 0 Å². The highest BCUT2D eigenvalue weighted by atomic mass is 16.2. The quantitative estimate of drug-likeness (QED) is 0.268. The van der Waals surface area contributed by atoms with E-state index in [0.29, 0.717) is 33.9 Å². The average molecular weight is 479 g/mol. The molecule has 4 aromatic carbocycles. The van der Waals surface area contributed by atoms with Crippen LogP contribution in [0.1, 0.15) is 20.7 Å². The molecule has 4 rings (SSSR count). The molecule has 0 aromatic heterocycles. The van der Waals surface area contributed by atoms with Gasteiger partial charge in [-0.1, -0.05) is 0 Å². The molecule has 4 aromatic rings. The van der Waals surface area contributed by atoms with Crippen molar-refractivity contribution in [1.82, 2.24) is 0 Å². The van der Waals surface area contributed by atoms with Crippen LogP contribution in [0.5, 0.6) is 0 Å². The number of amides is 2. The average Bonchev–Trinajstić information content (AvgIpc) is 2.92. The number of nitrogens with two attached hydrogens (primary N) is 2. The molecule has 0 unspecified atom stereocenters. The minimum atomic E-state index is -0.146. The molecule has 0 spiro atoms. The first-order valence-electron chi connectivity index (χ1n) is 11.2. The van der Waals surface area contributed by atoms with Gasteiger partial charge in [0.25, 0.3) is 11.8 Å². The largest absolute Gasteiger partial charge is 0.399 e. The Kier molecular flexibility index (Phi) is 7.06. The van der Waals surface area contributed by atoms with Crippen molar-refractivity contribution in [2.24, 2.45) is 10.2 Å². The Morgan fingerprint density at radius 2 is 0.833 bits per heavy atom. The van der Waals surface area contributed by atoms with E-state index < -0.39 is 0 Å². The van der Waals surface area contributed by atoms with E-state index in [1.807, 2.05) is 0 Å². The van der Waals surface area contributed by atoms with Crippen LogP contribution >= 0.6 is 0 Å². The van der Waals surface area contributed by atoms with Gasteiger partial charge in [-0.25, -0.2) is 0 Å². The summed E-state index contributed by atoms with van der Waals surface area (Å²) in [4.78, 5) is 28.6. The van der Waals surface area contributed by atoms with Crippen LogP contribution in [0.2, 0.25) is 0 Å². The van der Waals surface area contributed by atoms with Gasteiger partial charge in [-0.15, -0.1) is 0 Å². The lowest BCUT2D eigenvalue weighted by atomic mass is 10.1. The Balaban J connectivity index is 1.39. The molecule has 8 heteroatoms. The fraction of sp³-hybridized carbons (Fsp3) is 0.0714. The molecule has 0 saturated heterocycles. The van der Waals surface area contributed by atoms with E-state index in [1.54, 1.807) is 121 Å². The third-order valence-electron chi connectivity index (χ3n) is 5.68. The maximum absolute atomic E-state index is 12.8. The molecule has 0 aliphatic carbocycles. The molecule has 180 valence electrons. The van der Waals surface area contributed by atoms with Crippen molar-refractivity contribution >= 4 is 45.9 Å². The number of carbonyl (C=O) groups is 2. The molecule has 4 N–H and O–H groups in total. The molecule has 0 fully saturated rings. The van der Waals surface area contributed by atoms with Gasteiger partial charge in [0.2, 0.25) is 0 Å². The highest BCUT2D eigenvalue weighted by molar-refractivity contribution is 6.06. The van der Waals surface area contributed by atoms with Crippen LogP contribution in [0.4, 0.5) is 34.1 Å². The van der Waals surface area contributed by atoms with Crippen molar-refractivity contribution in [2.75, 3.05) is 35.4 Å². The van der Waals surface area contributed by atoms with Gasteiger partial charge < -0.3 is 21.3 Å². The van der Waals surface area contributed by atoms with Gasteiger partial charge in [-0.3, -0.25) is 9.59 Å². The van der Waals surface area contributed by atoms with Crippen LogP contribution in [0.25, 0.3) is 0 Å². The van der Waals surface area contributed by atoms with Crippen molar-refractivity contribution in [3.05, 3.63) is 108 Å². The lowest BCUT2D eigenvalue weighted by Gasteiger charge is -2.17. The second-order valence-electron chi connectivity index (χ2n) is 8.21. The summed E-state index contributed by atoms with van der Waals surface area (Å²) in [5, 5.41) is 8.47. The number of anilines is 4. The zero-order valence-corrected chi connectivity index (χ0v) is 20.0. The summed E-state index contributed by atoms with van der Waals surface area (Å²) in [6.07, 6.45) is 0. The monoisotopic (exact) mass is 478 g/mol. The van der Waals surface area contributed by atoms with Crippen LogP contribution in [-0.4, -0.2) is 25.9 Å². The van der Waals surface area contributed by atoms with Gasteiger partial charge >= 0.3 is 0 Å². The van der Waals surface area contributed by atoms with Crippen LogP contribution < -0.4 is 21.3 Å². The highest BCUT2D eigenvalue weighted by Crippen LogP contribution is 2.23. The predicted octanol–water partition coefficient (Wildman–Crippen LogP) is 5.82. The first-order chi connectivity index (χ1) is 17.3. The molecule has 0 bridgehead atoms. The first-order valence-corrected chi connectivity index (χ1v) is 11.2. The molecule has 8 nitrogen and oxygen atoms in total. The van der Waals surface area contributed by atoms with E-state index in [1.165, 1.54) is 0 Å². The molecule has 36 heavy (non-hydrogen) atoms. The fourth-order valence-corrected chi connectivity index (χ4v) is 3.47. The van der Waals surface area contributed by atoms with E-state index in [9.17, 15) is 9.59 Å². The third-order valence-corrected chi connectivity index (χ3v) is 5.68. The summed E-state index contributed by atoms with van der Waals surface area (Å²) in [5.41, 5.74) is 16.5. The smallest absolute Gasteiger partial charge is 0.258 e. The maximum Gasteiger partial charge on any atom is 0.258 e. The zero-order chi connectivity index (χ0) is 25.7. The predicted molar refractivity (Wildman–Crippen MR) is 144 cm³/mol. The van der Waals surface area contributed by atoms with Crippen LogP contribution in [0.3, 0.4) is 0 Å². The van der Waals surface area contributed by atoms with Crippen LogP contribution in [-0.2, 0) is 0 Å². The number of hydrogen-bond donors (Lipinski definition) is 2. The van der Waals surface area contributed by atoms with E-state index in [4.69, 9.17) is 11.5 Å². The molecular weight excluding hydrogens is 452 g/mol. The molecule has 0 heterocycles. The normalized spacial score (nSPS) is 10.8. The number of nitrogen functional groups attached to an aromatic ring is 2. The minimum Gasteiger partial charge on any atom is -0.399 e. The number of azo groups is 1. The van der Waals surface area contributed by atoms with E-state index >= 15 is 0 Å². The summed E-state index contributed by atoms with van der Waals surface area (Å²) in [5.74, 6) is -0.292. The second-order valence-corrected chi connectivity index (χ2v) is 8.21. The lowest BCUT2D eigenvalue weighted by molar-refractivity contribution is 0.0985. The summed E-state index contributed by atoms with van der Waals surface area (Å²) < 4.78 is 0. The number of hydrogen-bond acceptors (Lipinski definition) is 6. The molecule has 2 amide bonds. The van der Waals surface area contributed by atoms with Crippen molar-refractivity contribution in [3.8, 4) is 0 Å². The SMILES string of the molecule is CN(C(=O)c1ccc(N=Nc2ccc(C(=O)N(C)c3ccc(N)cc3)cc2)cc1)c1ccc(N)cc1. The van der Waals surface area contributed by atoms with E-state index in [0.717, 1.165) is 11.4 Å². The van der Waals surface area contributed by atoms with Crippen molar-refractivity contribution in [2.45, 2.75) is 0 Å².